The van der Waals surface area contributed by atoms with E-state index in [0.717, 1.165) is 16.4 Å². The third kappa shape index (κ3) is 3.25. The van der Waals surface area contributed by atoms with E-state index in [1.54, 1.807) is 22.9 Å². The van der Waals surface area contributed by atoms with E-state index in [9.17, 15) is 22.0 Å². The van der Waals surface area contributed by atoms with E-state index in [2.05, 4.69) is 4.98 Å². The second kappa shape index (κ2) is 6.95. The molecule has 0 radical (unpaired) electrons. The highest BCUT2D eigenvalue weighted by Gasteiger charge is 2.32. The van der Waals surface area contributed by atoms with Gasteiger partial charge in [0.15, 0.2) is 0 Å². The molecular weight excluding hydrogens is 390 g/mol. The zero-order chi connectivity index (χ0) is 19.9. The molecule has 1 aliphatic rings. The van der Waals surface area contributed by atoms with Crippen LogP contribution < -0.4 is 0 Å². The molecule has 1 aromatic carbocycles. The van der Waals surface area contributed by atoms with Crippen LogP contribution in [0.3, 0.4) is 0 Å². The SMILES string of the molecule is O=C(c1cn2ccccc2n1)N1CCN(S(=O)(=O)c2ccc(F)cc2F)CC1. The van der Waals surface area contributed by atoms with E-state index in [1.165, 1.54) is 4.90 Å². The van der Waals surface area contributed by atoms with Crippen LogP contribution >= 0.6 is 0 Å². The van der Waals surface area contributed by atoms with Crippen LogP contribution in [0.1, 0.15) is 10.5 Å². The molecule has 2 aromatic heterocycles. The van der Waals surface area contributed by atoms with Crippen molar-refractivity contribution in [3.05, 3.63) is 66.1 Å². The summed E-state index contributed by atoms with van der Waals surface area (Å²) in [5.41, 5.74) is 0.908. The van der Waals surface area contributed by atoms with Crippen molar-refractivity contribution >= 4 is 21.6 Å². The summed E-state index contributed by atoms with van der Waals surface area (Å²) >= 11 is 0. The fourth-order valence-corrected chi connectivity index (χ4v) is 4.62. The van der Waals surface area contributed by atoms with Gasteiger partial charge in [-0.05, 0) is 24.3 Å². The van der Waals surface area contributed by atoms with Gasteiger partial charge in [-0.3, -0.25) is 4.79 Å². The number of benzene rings is 1. The van der Waals surface area contributed by atoms with Gasteiger partial charge in [-0.15, -0.1) is 0 Å². The van der Waals surface area contributed by atoms with Crippen LogP contribution in [0.4, 0.5) is 8.78 Å². The molecule has 1 fully saturated rings. The highest BCUT2D eigenvalue weighted by Crippen LogP contribution is 2.22. The molecule has 0 spiro atoms. The van der Waals surface area contributed by atoms with Crippen LogP contribution in [0.15, 0.2) is 53.7 Å². The van der Waals surface area contributed by atoms with Crippen LogP contribution in [-0.4, -0.2) is 59.1 Å². The first-order valence-electron chi connectivity index (χ1n) is 8.54. The molecule has 10 heteroatoms. The molecule has 1 saturated heterocycles. The molecule has 1 amide bonds. The summed E-state index contributed by atoms with van der Waals surface area (Å²) < 4.78 is 55.0. The number of carbonyl (C=O) groups excluding carboxylic acids is 1. The largest absolute Gasteiger partial charge is 0.335 e. The molecule has 3 aromatic rings. The fraction of sp³-hybridized carbons (Fsp3) is 0.222. The first-order chi connectivity index (χ1) is 13.4. The lowest BCUT2D eigenvalue weighted by molar-refractivity contribution is 0.0692. The maximum atomic E-state index is 13.9. The van der Waals surface area contributed by atoms with Gasteiger partial charge in [0.05, 0.1) is 0 Å². The van der Waals surface area contributed by atoms with Crippen LogP contribution in [-0.2, 0) is 10.0 Å². The number of rotatable bonds is 3. The number of piperazine rings is 1. The Morgan fingerprint density at radius 2 is 1.79 bits per heavy atom. The Hall–Kier alpha value is -2.85. The van der Waals surface area contributed by atoms with Crippen molar-refractivity contribution in [3.8, 4) is 0 Å². The van der Waals surface area contributed by atoms with Gasteiger partial charge in [-0.1, -0.05) is 6.07 Å². The molecule has 7 nitrogen and oxygen atoms in total. The van der Waals surface area contributed by atoms with Crippen molar-refractivity contribution in [2.45, 2.75) is 4.90 Å². The van der Waals surface area contributed by atoms with Gasteiger partial charge in [0.25, 0.3) is 5.91 Å². The van der Waals surface area contributed by atoms with E-state index in [1.807, 2.05) is 12.1 Å². The molecule has 1 aliphatic heterocycles. The van der Waals surface area contributed by atoms with Crippen molar-refractivity contribution in [3.63, 3.8) is 0 Å². The molecule has 0 unspecified atom stereocenters. The highest BCUT2D eigenvalue weighted by molar-refractivity contribution is 7.89. The number of pyridine rings is 1. The van der Waals surface area contributed by atoms with Gasteiger partial charge in [0.1, 0.15) is 27.9 Å². The van der Waals surface area contributed by atoms with Crippen LogP contribution in [0.25, 0.3) is 5.65 Å². The summed E-state index contributed by atoms with van der Waals surface area (Å²) in [7, 11) is -4.11. The number of carbonyl (C=O) groups is 1. The van der Waals surface area contributed by atoms with Crippen molar-refractivity contribution < 1.29 is 22.0 Å². The first kappa shape index (κ1) is 18.5. The smallest absolute Gasteiger partial charge is 0.274 e. The lowest BCUT2D eigenvalue weighted by atomic mass is 10.3. The Morgan fingerprint density at radius 1 is 1.04 bits per heavy atom. The van der Waals surface area contributed by atoms with Crippen molar-refractivity contribution in [1.29, 1.82) is 0 Å². The molecule has 146 valence electrons. The second-order valence-corrected chi connectivity index (χ2v) is 8.27. The summed E-state index contributed by atoms with van der Waals surface area (Å²) in [6.07, 6.45) is 3.40. The van der Waals surface area contributed by atoms with Gasteiger partial charge >= 0.3 is 0 Å². The Bertz CT molecular complexity index is 1120. The second-order valence-electron chi connectivity index (χ2n) is 6.36. The molecule has 0 aliphatic carbocycles. The zero-order valence-corrected chi connectivity index (χ0v) is 15.4. The molecule has 28 heavy (non-hydrogen) atoms. The van der Waals surface area contributed by atoms with Gasteiger partial charge < -0.3 is 9.30 Å². The summed E-state index contributed by atoms with van der Waals surface area (Å²) in [6, 6.07) is 7.76. The monoisotopic (exact) mass is 406 g/mol. The maximum absolute atomic E-state index is 13.9. The van der Waals surface area contributed by atoms with Crippen LogP contribution in [0.5, 0.6) is 0 Å². The van der Waals surface area contributed by atoms with Crippen LogP contribution in [0.2, 0.25) is 0 Å². The normalized spacial score (nSPS) is 15.9. The summed E-state index contributed by atoms with van der Waals surface area (Å²) in [5, 5.41) is 0. The van der Waals surface area contributed by atoms with Crippen molar-refractivity contribution in [1.82, 2.24) is 18.6 Å². The average molecular weight is 406 g/mol. The highest BCUT2D eigenvalue weighted by atomic mass is 32.2. The quantitative estimate of drug-likeness (QED) is 0.664. The van der Waals surface area contributed by atoms with Crippen LogP contribution in [0, 0.1) is 11.6 Å². The lowest BCUT2D eigenvalue weighted by Crippen LogP contribution is -2.50. The number of imidazole rings is 1. The topological polar surface area (TPSA) is 75.0 Å². The Kier molecular flexibility index (Phi) is 4.60. The fourth-order valence-electron chi connectivity index (χ4n) is 3.15. The van der Waals surface area contributed by atoms with Crippen molar-refractivity contribution in [2.24, 2.45) is 0 Å². The molecule has 4 rings (SSSR count). The van der Waals surface area contributed by atoms with E-state index in [4.69, 9.17) is 0 Å². The van der Waals surface area contributed by atoms with Gasteiger partial charge in [-0.25, -0.2) is 22.2 Å². The summed E-state index contributed by atoms with van der Waals surface area (Å²) in [5.74, 6) is -2.28. The third-order valence-electron chi connectivity index (χ3n) is 4.62. The minimum absolute atomic E-state index is 0.0122. The predicted molar refractivity (Wildman–Crippen MR) is 96.2 cm³/mol. The Labute approximate surface area is 159 Å². The van der Waals surface area contributed by atoms with E-state index in [-0.39, 0.29) is 37.8 Å². The number of aromatic nitrogens is 2. The molecule has 0 saturated carbocycles. The lowest BCUT2D eigenvalue weighted by Gasteiger charge is -2.33. The molecular formula is C18H16F2N4O3S. The average Bonchev–Trinajstić information content (AvgIpc) is 3.11. The number of hydrogen-bond donors (Lipinski definition) is 0. The zero-order valence-electron chi connectivity index (χ0n) is 14.6. The van der Waals surface area contributed by atoms with E-state index < -0.39 is 26.6 Å². The molecule has 0 N–H and O–H groups in total. The molecule has 0 bridgehead atoms. The first-order valence-corrected chi connectivity index (χ1v) is 9.98. The minimum atomic E-state index is -4.11. The number of fused-ring (bicyclic) bond motifs is 1. The Morgan fingerprint density at radius 3 is 2.46 bits per heavy atom. The number of halogens is 2. The standard InChI is InChI=1S/C18H16F2N4O3S/c19-13-4-5-16(14(20)11-13)28(26,27)24-9-7-22(8-10-24)18(25)15-12-23-6-2-1-3-17(23)21-15/h1-6,11-12H,7-10H2. The predicted octanol–water partition coefficient (Wildman–Crippen LogP) is 1.76. The number of nitrogens with zero attached hydrogens (tertiary/aromatic N) is 4. The van der Waals surface area contributed by atoms with Gasteiger partial charge in [0.2, 0.25) is 10.0 Å². The summed E-state index contributed by atoms with van der Waals surface area (Å²) in [6.45, 7) is 0.319. The number of amides is 1. The van der Waals surface area contributed by atoms with Gasteiger partial charge in [-0.2, -0.15) is 4.31 Å². The third-order valence-corrected chi connectivity index (χ3v) is 6.55. The van der Waals surface area contributed by atoms with E-state index >= 15 is 0 Å². The van der Waals surface area contributed by atoms with Gasteiger partial charge in [0, 0.05) is 44.6 Å². The summed E-state index contributed by atoms with van der Waals surface area (Å²) in [4.78, 5) is 17.9. The van der Waals surface area contributed by atoms with Crippen molar-refractivity contribution in [2.75, 3.05) is 26.2 Å². The minimum Gasteiger partial charge on any atom is -0.335 e. The van der Waals surface area contributed by atoms with E-state index in [0.29, 0.717) is 11.7 Å². The maximum Gasteiger partial charge on any atom is 0.274 e. The molecule has 0 atom stereocenters. The Balaban J connectivity index is 1.48. The number of sulfonamides is 1. The molecule has 3 heterocycles. The number of hydrogen-bond acceptors (Lipinski definition) is 4.